The van der Waals surface area contributed by atoms with Crippen LogP contribution in [0.2, 0.25) is 0 Å². The van der Waals surface area contributed by atoms with Crippen LogP contribution in [-0.2, 0) is 9.53 Å². The largest absolute Gasteiger partial charge is 0.480 e. The summed E-state index contributed by atoms with van der Waals surface area (Å²) in [6.45, 7) is 2.57. The fourth-order valence-corrected chi connectivity index (χ4v) is 2.83. The maximum atomic E-state index is 12.4. The molecule has 0 radical (unpaired) electrons. The number of carbonyl (C=O) groups is 2. The van der Waals surface area contributed by atoms with Crippen LogP contribution in [0.15, 0.2) is 0 Å². The second kappa shape index (κ2) is 5.34. The summed E-state index contributed by atoms with van der Waals surface area (Å²) in [4.78, 5) is 26.2. The van der Waals surface area contributed by atoms with E-state index in [1.165, 1.54) is 9.80 Å². The summed E-state index contributed by atoms with van der Waals surface area (Å²) in [6, 6.07) is -1.34. The summed E-state index contributed by atoms with van der Waals surface area (Å²) >= 11 is 0. The minimum absolute atomic E-state index is 0.0420. The van der Waals surface area contributed by atoms with Gasteiger partial charge in [0.25, 0.3) is 0 Å². The number of likely N-dealkylation sites (N-methyl/N-ethyl adjacent to an activating group) is 1. The highest BCUT2D eigenvalue weighted by molar-refractivity contribution is 5.83. The predicted octanol–water partition coefficient (Wildman–Crippen LogP) is -0.265. The van der Waals surface area contributed by atoms with Gasteiger partial charge >= 0.3 is 12.0 Å². The lowest BCUT2D eigenvalue weighted by atomic mass is 10.1. The van der Waals surface area contributed by atoms with Crippen molar-refractivity contribution in [1.29, 1.82) is 0 Å². The van der Waals surface area contributed by atoms with E-state index in [2.05, 4.69) is 0 Å². The second-order valence-electron chi connectivity index (χ2n) is 5.22. The average molecular weight is 272 g/mol. The number of urea groups is 1. The van der Waals surface area contributed by atoms with E-state index in [1.807, 2.05) is 6.92 Å². The van der Waals surface area contributed by atoms with Crippen molar-refractivity contribution in [3.05, 3.63) is 0 Å². The molecule has 3 unspecified atom stereocenters. The van der Waals surface area contributed by atoms with E-state index >= 15 is 0 Å². The smallest absolute Gasteiger partial charge is 0.326 e. The summed E-state index contributed by atoms with van der Waals surface area (Å²) in [5.74, 6) is -1.07. The van der Waals surface area contributed by atoms with Crippen LogP contribution in [0.5, 0.6) is 0 Å². The lowest BCUT2D eigenvalue weighted by molar-refractivity contribution is -0.141. The third kappa shape index (κ3) is 2.66. The lowest BCUT2D eigenvalue weighted by Gasteiger charge is -2.32. The summed E-state index contributed by atoms with van der Waals surface area (Å²) in [5, 5.41) is 18.7. The minimum atomic E-state index is -1.07. The molecule has 2 rings (SSSR count). The van der Waals surface area contributed by atoms with E-state index in [0.717, 1.165) is 6.42 Å². The molecule has 2 aliphatic heterocycles. The minimum Gasteiger partial charge on any atom is -0.480 e. The van der Waals surface area contributed by atoms with E-state index in [-0.39, 0.29) is 31.1 Å². The van der Waals surface area contributed by atoms with Crippen LogP contribution in [0.4, 0.5) is 4.79 Å². The van der Waals surface area contributed by atoms with E-state index in [4.69, 9.17) is 9.84 Å². The zero-order chi connectivity index (χ0) is 14.2. The number of likely N-dealkylation sites (tertiary alicyclic amines) is 1. The number of hydrogen-bond donors (Lipinski definition) is 2. The third-order valence-corrected chi connectivity index (χ3v) is 3.95. The van der Waals surface area contributed by atoms with Crippen LogP contribution in [0.3, 0.4) is 0 Å². The molecule has 0 bridgehead atoms. The molecule has 7 heteroatoms. The predicted molar refractivity (Wildman–Crippen MR) is 65.7 cm³/mol. The van der Waals surface area contributed by atoms with E-state index < -0.39 is 18.1 Å². The van der Waals surface area contributed by atoms with Crippen molar-refractivity contribution < 1.29 is 24.5 Å². The monoisotopic (exact) mass is 272 g/mol. The number of rotatable bonds is 2. The quantitative estimate of drug-likeness (QED) is 0.722. The molecule has 0 spiro atoms. The number of aliphatic carboxylic acids is 1. The first-order valence-corrected chi connectivity index (χ1v) is 6.47. The zero-order valence-corrected chi connectivity index (χ0v) is 11.2. The number of nitrogens with zero attached hydrogens (tertiary/aromatic N) is 2. The van der Waals surface area contributed by atoms with E-state index in [1.54, 1.807) is 7.05 Å². The number of aliphatic hydroxyl groups is 1. The molecule has 2 aliphatic rings. The first kappa shape index (κ1) is 14.1. The van der Waals surface area contributed by atoms with Crippen LogP contribution in [-0.4, -0.2) is 76.5 Å². The van der Waals surface area contributed by atoms with Crippen LogP contribution in [0, 0.1) is 0 Å². The molecule has 0 saturated carbocycles. The van der Waals surface area contributed by atoms with Crippen molar-refractivity contribution in [3.63, 3.8) is 0 Å². The number of aliphatic hydroxyl groups excluding tert-OH is 1. The van der Waals surface area contributed by atoms with Gasteiger partial charge in [-0.05, 0) is 13.3 Å². The molecular weight excluding hydrogens is 252 g/mol. The topological polar surface area (TPSA) is 90.3 Å². The first-order chi connectivity index (χ1) is 8.91. The van der Waals surface area contributed by atoms with E-state index in [0.29, 0.717) is 6.61 Å². The van der Waals surface area contributed by atoms with Crippen molar-refractivity contribution in [1.82, 2.24) is 9.80 Å². The first-order valence-electron chi connectivity index (χ1n) is 6.47. The van der Waals surface area contributed by atoms with Crippen LogP contribution in [0.1, 0.15) is 19.8 Å². The lowest BCUT2D eigenvalue weighted by Crippen LogP contribution is -2.51. The Morgan fingerprint density at radius 1 is 1.42 bits per heavy atom. The van der Waals surface area contributed by atoms with Gasteiger partial charge in [0.2, 0.25) is 0 Å². The van der Waals surface area contributed by atoms with Gasteiger partial charge in [0.1, 0.15) is 6.04 Å². The van der Waals surface area contributed by atoms with Crippen LogP contribution >= 0.6 is 0 Å². The normalized spacial score (nSPS) is 34.6. The number of amides is 2. The number of carbonyl (C=O) groups excluding carboxylic acids is 1. The standard InChI is InChI=1S/C12H20N2O5/c1-7-9(3-4-19-7)13(2)12(18)14-6-8(15)5-10(14)11(16)17/h7-10,15H,3-6H2,1-2H3,(H,16,17)/t7?,8?,9?,10-/m0/s1. The molecule has 2 N–H and O–H groups in total. The van der Waals surface area contributed by atoms with Crippen LogP contribution in [0.25, 0.3) is 0 Å². The van der Waals surface area contributed by atoms with Gasteiger partial charge in [-0.15, -0.1) is 0 Å². The average Bonchev–Trinajstić information content (AvgIpc) is 2.93. The van der Waals surface area contributed by atoms with Gasteiger partial charge in [0, 0.05) is 26.6 Å². The van der Waals surface area contributed by atoms with Gasteiger partial charge in [0.05, 0.1) is 18.2 Å². The summed E-state index contributed by atoms with van der Waals surface area (Å²) in [7, 11) is 1.65. The fourth-order valence-electron chi connectivity index (χ4n) is 2.83. The number of ether oxygens (including phenoxy) is 1. The molecule has 2 amide bonds. The highest BCUT2D eigenvalue weighted by Crippen LogP contribution is 2.24. The van der Waals surface area contributed by atoms with Crippen LogP contribution < -0.4 is 0 Å². The molecule has 7 nitrogen and oxygen atoms in total. The molecule has 2 saturated heterocycles. The highest BCUT2D eigenvalue weighted by atomic mass is 16.5. The second-order valence-corrected chi connectivity index (χ2v) is 5.22. The van der Waals surface area contributed by atoms with Gasteiger partial charge in [0.15, 0.2) is 0 Å². The SMILES string of the molecule is CC1OCCC1N(C)C(=O)N1CC(O)C[C@H]1C(=O)O. The Hall–Kier alpha value is -1.34. The number of β-amino-alcohol motifs (C(OH)–C–C–N with tert-alkyl or cyclic N) is 1. The molecule has 2 fully saturated rings. The Morgan fingerprint density at radius 3 is 2.63 bits per heavy atom. The molecule has 0 aromatic heterocycles. The van der Waals surface area contributed by atoms with Gasteiger partial charge in [-0.3, -0.25) is 0 Å². The van der Waals surface area contributed by atoms with E-state index in [9.17, 15) is 14.7 Å². The van der Waals surface area contributed by atoms with Gasteiger partial charge in [-0.1, -0.05) is 0 Å². The Morgan fingerprint density at radius 2 is 2.11 bits per heavy atom. The Labute approximate surface area is 111 Å². The molecule has 0 aromatic carbocycles. The maximum absolute atomic E-state index is 12.4. The van der Waals surface area contributed by atoms with Crippen molar-refractivity contribution in [2.75, 3.05) is 20.2 Å². The van der Waals surface area contributed by atoms with Crippen molar-refractivity contribution >= 4 is 12.0 Å². The van der Waals surface area contributed by atoms with Crippen molar-refractivity contribution in [3.8, 4) is 0 Å². The molecule has 2 heterocycles. The number of carboxylic acid groups (broad SMARTS) is 1. The number of carboxylic acids is 1. The third-order valence-electron chi connectivity index (χ3n) is 3.95. The molecule has 4 atom stereocenters. The van der Waals surface area contributed by atoms with Gasteiger partial charge in [-0.2, -0.15) is 0 Å². The highest BCUT2D eigenvalue weighted by Gasteiger charge is 2.42. The Bertz CT molecular complexity index is 375. The maximum Gasteiger partial charge on any atom is 0.326 e. The molecule has 108 valence electrons. The summed E-state index contributed by atoms with van der Waals surface area (Å²) < 4.78 is 5.42. The molecule has 0 aliphatic carbocycles. The summed E-state index contributed by atoms with van der Waals surface area (Å²) in [6.07, 6.45) is 0.0175. The van der Waals surface area contributed by atoms with Crippen molar-refractivity contribution in [2.24, 2.45) is 0 Å². The van der Waals surface area contributed by atoms with Gasteiger partial charge < -0.3 is 24.7 Å². The van der Waals surface area contributed by atoms with Crippen molar-refractivity contribution in [2.45, 2.75) is 44.1 Å². The molecular formula is C12H20N2O5. The molecule has 0 aromatic rings. The Balaban J connectivity index is 2.07. The molecule has 19 heavy (non-hydrogen) atoms. The zero-order valence-electron chi connectivity index (χ0n) is 11.2. The number of hydrogen-bond acceptors (Lipinski definition) is 4. The fraction of sp³-hybridized carbons (Fsp3) is 0.833. The summed E-state index contributed by atoms with van der Waals surface area (Å²) in [5.41, 5.74) is 0. The Kier molecular flexibility index (Phi) is 3.96. The van der Waals surface area contributed by atoms with Gasteiger partial charge in [-0.25, -0.2) is 9.59 Å².